The molecular weight excluding hydrogens is 250 g/mol. The van der Waals surface area contributed by atoms with E-state index < -0.39 is 0 Å². The summed E-state index contributed by atoms with van der Waals surface area (Å²) in [6, 6.07) is 0. The molecule has 2 aliphatic heterocycles. The fraction of sp³-hybridized carbons (Fsp3) is 0.917. The Morgan fingerprint density at radius 1 is 1.39 bits per heavy atom. The van der Waals surface area contributed by atoms with E-state index in [2.05, 4.69) is 10.2 Å². The number of thioether (sulfide) groups is 1. The molecule has 2 aliphatic rings. The molecule has 3 N–H and O–H groups in total. The molecule has 0 aromatic heterocycles. The standard InChI is InChI=1S/C12H23N3O2S/c13-9-10-1-2-11(17-10)12(16)14-3-4-15-5-7-18-8-6-15/h10-11H,1-9,13H2,(H,14,16)/t10-,11+/m1/s1. The highest BCUT2D eigenvalue weighted by molar-refractivity contribution is 7.99. The SMILES string of the molecule is NC[C@H]1CC[C@@H](C(=O)NCCN2CCSCC2)O1. The van der Waals surface area contributed by atoms with Crippen LogP contribution in [0.25, 0.3) is 0 Å². The summed E-state index contributed by atoms with van der Waals surface area (Å²) in [4.78, 5) is 14.2. The summed E-state index contributed by atoms with van der Waals surface area (Å²) in [5, 5.41) is 2.96. The zero-order valence-corrected chi connectivity index (χ0v) is 11.6. The third-order valence-electron chi connectivity index (χ3n) is 3.49. The number of carbonyl (C=O) groups excluding carboxylic acids is 1. The number of amides is 1. The minimum Gasteiger partial charge on any atom is -0.364 e. The number of carbonyl (C=O) groups is 1. The molecule has 0 radical (unpaired) electrons. The molecule has 1 amide bonds. The number of nitrogens with two attached hydrogens (primary N) is 1. The Kier molecular flexibility index (Phi) is 5.75. The highest BCUT2D eigenvalue weighted by Gasteiger charge is 2.29. The minimum absolute atomic E-state index is 0.0253. The Balaban J connectivity index is 1.60. The second-order valence-corrected chi connectivity index (χ2v) is 6.03. The molecule has 2 fully saturated rings. The molecule has 2 saturated heterocycles. The van der Waals surface area contributed by atoms with Gasteiger partial charge in [0.05, 0.1) is 6.10 Å². The zero-order chi connectivity index (χ0) is 12.8. The van der Waals surface area contributed by atoms with Crippen molar-refractivity contribution in [2.75, 3.05) is 44.2 Å². The van der Waals surface area contributed by atoms with Crippen molar-refractivity contribution in [2.45, 2.75) is 25.0 Å². The number of hydrogen-bond acceptors (Lipinski definition) is 5. The van der Waals surface area contributed by atoms with E-state index in [9.17, 15) is 4.79 Å². The molecule has 0 aromatic rings. The van der Waals surface area contributed by atoms with Crippen LogP contribution in [0.5, 0.6) is 0 Å². The van der Waals surface area contributed by atoms with Crippen LogP contribution in [0, 0.1) is 0 Å². The molecular formula is C12H23N3O2S. The molecule has 2 heterocycles. The number of hydrogen-bond donors (Lipinski definition) is 2. The van der Waals surface area contributed by atoms with Crippen LogP contribution < -0.4 is 11.1 Å². The van der Waals surface area contributed by atoms with Crippen molar-refractivity contribution in [1.82, 2.24) is 10.2 Å². The van der Waals surface area contributed by atoms with Gasteiger partial charge < -0.3 is 15.8 Å². The quantitative estimate of drug-likeness (QED) is 0.717. The summed E-state index contributed by atoms with van der Waals surface area (Å²) in [6.07, 6.45) is 1.49. The summed E-state index contributed by atoms with van der Waals surface area (Å²) in [5.41, 5.74) is 5.53. The summed E-state index contributed by atoms with van der Waals surface area (Å²) in [6.45, 7) is 4.44. The van der Waals surface area contributed by atoms with Gasteiger partial charge in [-0.25, -0.2) is 0 Å². The lowest BCUT2D eigenvalue weighted by Gasteiger charge is -2.26. The van der Waals surface area contributed by atoms with E-state index in [-0.39, 0.29) is 18.1 Å². The Bertz CT molecular complexity index is 272. The molecule has 6 heteroatoms. The molecule has 18 heavy (non-hydrogen) atoms. The van der Waals surface area contributed by atoms with Gasteiger partial charge in [0.2, 0.25) is 5.91 Å². The lowest BCUT2D eigenvalue weighted by Crippen LogP contribution is -2.42. The van der Waals surface area contributed by atoms with E-state index in [1.165, 1.54) is 11.5 Å². The fourth-order valence-electron chi connectivity index (χ4n) is 2.35. The lowest BCUT2D eigenvalue weighted by atomic mass is 10.2. The van der Waals surface area contributed by atoms with Crippen LogP contribution in [0.3, 0.4) is 0 Å². The fourth-order valence-corrected chi connectivity index (χ4v) is 3.33. The molecule has 2 rings (SSSR count). The smallest absolute Gasteiger partial charge is 0.249 e. The van der Waals surface area contributed by atoms with Crippen LogP contribution in [0.15, 0.2) is 0 Å². The third kappa shape index (κ3) is 4.12. The highest BCUT2D eigenvalue weighted by atomic mass is 32.2. The van der Waals surface area contributed by atoms with Gasteiger partial charge in [-0.3, -0.25) is 9.69 Å². The molecule has 5 nitrogen and oxygen atoms in total. The van der Waals surface area contributed by atoms with E-state index in [0.29, 0.717) is 6.54 Å². The molecule has 0 bridgehead atoms. The third-order valence-corrected chi connectivity index (χ3v) is 4.44. The van der Waals surface area contributed by atoms with Crippen LogP contribution >= 0.6 is 11.8 Å². The lowest BCUT2D eigenvalue weighted by molar-refractivity contribution is -0.131. The number of nitrogens with zero attached hydrogens (tertiary/aromatic N) is 1. The molecule has 0 unspecified atom stereocenters. The monoisotopic (exact) mass is 273 g/mol. The van der Waals surface area contributed by atoms with Gasteiger partial charge in [-0.05, 0) is 12.8 Å². The maximum absolute atomic E-state index is 11.8. The van der Waals surface area contributed by atoms with E-state index >= 15 is 0 Å². The van der Waals surface area contributed by atoms with Gasteiger partial charge in [0.25, 0.3) is 0 Å². The first-order chi connectivity index (χ1) is 8.79. The van der Waals surface area contributed by atoms with Crippen LogP contribution in [0.2, 0.25) is 0 Å². The predicted octanol–water partition coefficient (Wildman–Crippen LogP) is -0.342. The summed E-state index contributed by atoms with van der Waals surface area (Å²) in [5.74, 6) is 2.44. The van der Waals surface area contributed by atoms with Gasteiger partial charge in [0.1, 0.15) is 6.10 Å². The first kappa shape index (κ1) is 14.1. The van der Waals surface area contributed by atoms with E-state index in [1.54, 1.807) is 0 Å². The molecule has 2 atom stereocenters. The Morgan fingerprint density at radius 2 is 2.17 bits per heavy atom. The summed E-state index contributed by atoms with van der Waals surface area (Å²) >= 11 is 2.00. The van der Waals surface area contributed by atoms with Crippen molar-refractivity contribution in [3.05, 3.63) is 0 Å². The van der Waals surface area contributed by atoms with E-state index in [4.69, 9.17) is 10.5 Å². The topological polar surface area (TPSA) is 67.6 Å². The van der Waals surface area contributed by atoms with Crippen molar-refractivity contribution >= 4 is 17.7 Å². The second-order valence-electron chi connectivity index (χ2n) is 4.80. The predicted molar refractivity (Wildman–Crippen MR) is 73.7 cm³/mol. The Labute approximate surface area is 113 Å². The first-order valence-corrected chi connectivity index (χ1v) is 7.88. The van der Waals surface area contributed by atoms with Gasteiger partial charge in [-0.1, -0.05) is 0 Å². The minimum atomic E-state index is -0.282. The Hall–Kier alpha value is -0.300. The van der Waals surface area contributed by atoms with Crippen LogP contribution in [0.4, 0.5) is 0 Å². The summed E-state index contributed by atoms with van der Waals surface area (Å²) in [7, 11) is 0. The normalized spacial score (nSPS) is 29.4. The molecule has 0 spiro atoms. The van der Waals surface area contributed by atoms with Gasteiger partial charge in [-0.15, -0.1) is 0 Å². The van der Waals surface area contributed by atoms with Crippen LogP contribution in [-0.2, 0) is 9.53 Å². The molecule has 0 saturated carbocycles. The van der Waals surface area contributed by atoms with Crippen molar-refractivity contribution in [2.24, 2.45) is 5.73 Å². The number of ether oxygens (including phenoxy) is 1. The number of rotatable bonds is 5. The van der Waals surface area contributed by atoms with Gasteiger partial charge in [0, 0.05) is 44.2 Å². The number of nitrogens with one attached hydrogen (secondary N) is 1. The second kappa shape index (κ2) is 7.33. The summed E-state index contributed by atoms with van der Waals surface area (Å²) < 4.78 is 5.56. The largest absolute Gasteiger partial charge is 0.364 e. The van der Waals surface area contributed by atoms with Crippen molar-refractivity contribution in [1.29, 1.82) is 0 Å². The van der Waals surface area contributed by atoms with Crippen molar-refractivity contribution < 1.29 is 9.53 Å². The molecule has 104 valence electrons. The average molecular weight is 273 g/mol. The molecule has 0 aromatic carbocycles. The van der Waals surface area contributed by atoms with E-state index in [1.807, 2.05) is 11.8 Å². The van der Waals surface area contributed by atoms with E-state index in [0.717, 1.165) is 39.0 Å². The van der Waals surface area contributed by atoms with Gasteiger partial charge in [0.15, 0.2) is 0 Å². The molecule has 0 aliphatic carbocycles. The average Bonchev–Trinajstić information content (AvgIpc) is 2.89. The highest BCUT2D eigenvalue weighted by Crippen LogP contribution is 2.18. The van der Waals surface area contributed by atoms with Crippen LogP contribution in [0.1, 0.15) is 12.8 Å². The maximum atomic E-state index is 11.8. The first-order valence-electron chi connectivity index (χ1n) is 6.73. The Morgan fingerprint density at radius 3 is 2.83 bits per heavy atom. The van der Waals surface area contributed by atoms with Crippen molar-refractivity contribution in [3.8, 4) is 0 Å². The maximum Gasteiger partial charge on any atom is 0.249 e. The van der Waals surface area contributed by atoms with Crippen molar-refractivity contribution in [3.63, 3.8) is 0 Å². The van der Waals surface area contributed by atoms with Gasteiger partial charge >= 0.3 is 0 Å². The van der Waals surface area contributed by atoms with Gasteiger partial charge in [-0.2, -0.15) is 11.8 Å². The van der Waals surface area contributed by atoms with Crippen LogP contribution in [-0.4, -0.2) is 67.2 Å². The zero-order valence-electron chi connectivity index (χ0n) is 10.8.